The van der Waals surface area contributed by atoms with Crippen molar-refractivity contribution < 1.29 is 18.3 Å². The third kappa shape index (κ3) is 3.63. The van der Waals surface area contributed by atoms with Crippen LogP contribution in [0.2, 0.25) is 0 Å². The van der Waals surface area contributed by atoms with Crippen molar-refractivity contribution in [1.29, 1.82) is 0 Å². The van der Waals surface area contributed by atoms with E-state index in [2.05, 4.69) is 0 Å². The van der Waals surface area contributed by atoms with E-state index in [4.69, 9.17) is 4.74 Å². The molecule has 0 fully saturated rings. The Balaban J connectivity index is 2.07. The summed E-state index contributed by atoms with van der Waals surface area (Å²) in [7, 11) is 1.54. The molecule has 0 N–H and O–H groups in total. The van der Waals surface area contributed by atoms with Crippen molar-refractivity contribution in [2.45, 2.75) is 12.8 Å². The lowest BCUT2D eigenvalue weighted by atomic mass is 10.0. The highest BCUT2D eigenvalue weighted by Crippen LogP contribution is 2.15. The van der Waals surface area contributed by atoms with Gasteiger partial charge in [0, 0.05) is 12.8 Å². The number of carbonyl (C=O) groups excluding carboxylic acids is 1. The second kappa shape index (κ2) is 6.28. The van der Waals surface area contributed by atoms with Gasteiger partial charge in [-0.25, -0.2) is 8.78 Å². The average molecular weight is 276 g/mol. The molecule has 0 aliphatic rings. The van der Waals surface area contributed by atoms with Crippen LogP contribution in [0, 0.1) is 11.6 Å². The Bertz CT molecular complexity index is 624. The Morgan fingerprint density at radius 2 is 1.90 bits per heavy atom. The van der Waals surface area contributed by atoms with E-state index in [0.29, 0.717) is 5.75 Å². The molecular formula is C16H14F2O2. The summed E-state index contributed by atoms with van der Waals surface area (Å²) in [6.45, 7) is 0. The lowest BCUT2D eigenvalue weighted by Gasteiger charge is -2.05. The number of hydrogen-bond acceptors (Lipinski definition) is 2. The highest BCUT2D eigenvalue weighted by atomic mass is 19.1. The lowest BCUT2D eigenvalue weighted by Crippen LogP contribution is -2.08. The average Bonchev–Trinajstić information content (AvgIpc) is 2.43. The number of methoxy groups -OCH3 is 1. The first kappa shape index (κ1) is 14.2. The van der Waals surface area contributed by atoms with Gasteiger partial charge in [0.25, 0.3) is 0 Å². The number of ether oxygens (including phenoxy) is 1. The van der Waals surface area contributed by atoms with Crippen LogP contribution in [-0.2, 0) is 17.6 Å². The Morgan fingerprint density at radius 1 is 1.10 bits per heavy atom. The molecule has 2 rings (SSSR count). The number of rotatable bonds is 5. The molecule has 0 saturated heterocycles. The normalized spacial score (nSPS) is 10.3. The Labute approximate surface area is 116 Å². The zero-order valence-electron chi connectivity index (χ0n) is 11.0. The monoisotopic (exact) mass is 276 g/mol. The van der Waals surface area contributed by atoms with Gasteiger partial charge in [-0.05, 0) is 41.5 Å². The molecule has 0 atom stereocenters. The van der Waals surface area contributed by atoms with Gasteiger partial charge >= 0.3 is 0 Å². The minimum atomic E-state index is -0.564. The van der Waals surface area contributed by atoms with Crippen LogP contribution in [0.5, 0.6) is 5.75 Å². The molecule has 0 unspecified atom stereocenters. The van der Waals surface area contributed by atoms with E-state index in [1.807, 2.05) is 0 Å². The Morgan fingerprint density at radius 3 is 2.65 bits per heavy atom. The van der Waals surface area contributed by atoms with Gasteiger partial charge in [0.05, 0.1) is 7.11 Å². The number of carbonyl (C=O) groups is 1. The molecule has 0 aliphatic carbocycles. The SMILES string of the molecule is COc1cccc(CC(=O)Cc2cc(F)ccc2F)c1. The van der Waals surface area contributed by atoms with Crippen LogP contribution < -0.4 is 4.74 Å². The van der Waals surface area contributed by atoms with E-state index in [1.165, 1.54) is 0 Å². The van der Waals surface area contributed by atoms with E-state index in [-0.39, 0.29) is 24.2 Å². The number of hydrogen-bond donors (Lipinski definition) is 0. The van der Waals surface area contributed by atoms with E-state index >= 15 is 0 Å². The molecule has 0 aliphatic heterocycles. The molecule has 0 spiro atoms. The fraction of sp³-hybridized carbons (Fsp3) is 0.188. The fourth-order valence-corrected chi connectivity index (χ4v) is 1.96. The topological polar surface area (TPSA) is 26.3 Å². The molecule has 0 amide bonds. The minimum Gasteiger partial charge on any atom is -0.497 e. The van der Waals surface area contributed by atoms with Crippen molar-refractivity contribution in [3.63, 3.8) is 0 Å². The van der Waals surface area contributed by atoms with Gasteiger partial charge in [0.2, 0.25) is 0 Å². The van der Waals surface area contributed by atoms with Gasteiger partial charge in [0.1, 0.15) is 23.2 Å². The molecule has 20 heavy (non-hydrogen) atoms. The lowest BCUT2D eigenvalue weighted by molar-refractivity contribution is -0.117. The molecule has 4 heteroatoms. The van der Waals surface area contributed by atoms with E-state index < -0.39 is 11.6 Å². The second-order valence-electron chi connectivity index (χ2n) is 4.48. The van der Waals surface area contributed by atoms with Crippen molar-refractivity contribution in [2.24, 2.45) is 0 Å². The summed E-state index contributed by atoms with van der Waals surface area (Å²) in [6, 6.07) is 10.2. The number of ketones is 1. The maximum absolute atomic E-state index is 13.4. The molecule has 2 nitrogen and oxygen atoms in total. The maximum Gasteiger partial charge on any atom is 0.141 e. The predicted molar refractivity (Wildman–Crippen MR) is 71.8 cm³/mol. The van der Waals surface area contributed by atoms with E-state index in [9.17, 15) is 13.6 Å². The molecule has 2 aromatic rings. The van der Waals surface area contributed by atoms with Crippen molar-refractivity contribution in [3.05, 3.63) is 65.2 Å². The van der Waals surface area contributed by atoms with Crippen LogP contribution in [-0.4, -0.2) is 12.9 Å². The molecular weight excluding hydrogens is 262 g/mol. The summed E-state index contributed by atoms with van der Waals surface area (Å²) in [6.07, 6.45) is 0.0357. The summed E-state index contributed by atoms with van der Waals surface area (Å²) < 4.78 is 31.5. The summed E-state index contributed by atoms with van der Waals surface area (Å²) in [4.78, 5) is 11.9. The summed E-state index contributed by atoms with van der Waals surface area (Å²) >= 11 is 0. The zero-order chi connectivity index (χ0) is 14.5. The first-order chi connectivity index (χ1) is 9.58. The van der Waals surface area contributed by atoms with Crippen LogP contribution in [0.1, 0.15) is 11.1 Å². The first-order valence-electron chi connectivity index (χ1n) is 6.17. The van der Waals surface area contributed by atoms with Crippen molar-refractivity contribution >= 4 is 5.78 Å². The molecule has 0 radical (unpaired) electrons. The third-order valence-corrected chi connectivity index (χ3v) is 2.93. The predicted octanol–water partition coefficient (Wildman–Crippen LogP) is 3.33. The van der Waals surface area contributed by atoms with Crippen molar-refractivity contribution in [1.82, 2.24) is 0 Å². The van der Waals surface area contributed by atoms with Crippen LogP contribution >= 0.6 is 0 Å². The van der Waals surface area contributed by atoms with E-state index in [1.54, 1.807) is 31.4 Å². The molecule has 0 aromatic heterocycles. The Hall–Kier alpha value is -2.23. The number of Topliss-reactive ketones (excluding diaryl/α,β-unsaturated/α-hetero) is 1. The van der Waals surface area contributed by atoms with Gasteiger partial charge in [-0.2, -0.15) is 0 Å². The molecule has 2 aromatic carbocycles. The molecule has 0 saturated carbocycles. The van der Waals surface area contributed by atoms with Crippen molar-refractivity contribution in [2.75, 3.05) is 7.11 Å². The van der Waals surface area contributed by atoms with Crippen LogP contribution in [0.25, 0.3) is 0 Å². The van der Waals surface area contributed by atoms with Crippen molar-refractivity contribution in [3.8, 4) is 5.75 Å². The number of halogens is 2. The summed E-state index contributed by atoms with van der Waals surface area (Å²) in [5, 5.41) is 0. The van der Waals surface area contributed by atoms with Gasteiger partial charge in [-0.1, -0.05) is 12.1 Å². The maximum atomic E-state index is 13.4. The van der Waals surface area contributed by atoms with Crippen LogP contribution in [0.15, 0.2) is 42.5 Å². The first-order valence-corrected chi connectivity index (χ1v) is 6.17. The summed E-state index contributed by atoms with van der Waals surface area (Å²) in [5.74, 6) is -0.629. The van der Waals surface area contributed by atoms with E-state index in [0.717, 1.165) is 23.8 Å². The molecule has 104 valence electrons. The van der Waals surface area contributed by atoms with Gasteiger partial charge < -0.3 is 4.74 Å². The minimum absolute atomic E-state index is 0.0814. The quantitative estimate of drug-likeness (QED) is 0.837. The largest absolute Gasteiger partial charge is 0.497 e. The molecule has 0 bridgehead atoms. The van der Waals surface area contributed by atoms with Gasteiger partial charge in [-0.3, -0.25) is 4.79 Å². The molecule has 0 heterocycles. The van der Waals surface area contributed by atoms with Gasteiger partial charge in [0.15, 0.2) is 0 Å². The summed E-state index contributed by atoms with van der Waals surface area (Å²) in [5.41, 5.74) is 0.865. The fourth-order valence-electron chi connectivity index (χ4n) is 1.96. The smallest absolute Gasteiger partial charge is 0.141 e. The highest BCUT2D eigenvalue weighted by Gasteiger charge is 2.10. The zero-order valence-corrected chi connectivity index (χ0v) is 11.0. The highest BCUT2D eigenvalue weighted by molar-refractivity contribution is 5.83. The second-order valence-corrected chi connectivity index (χ2v) is 4.48. The Kier molecular flexibility index (Phi) is 4.45. The third-order valence-electron chi connectivity index (χ3n) is 2.93. The van der Waals surface area contributed by atoms with Gasteiger partial charge in [-0.15, -0.1) is 0 Å². The van der Waals surface area contributed by atoms with Crippen LogP contribution in [0.3, 0.4) is 0 Å². The number of benzene rings is 2. The standard InChI is InChI=1S/C16H14F2O2/c1-20-15-4-2-3-11(8-15)7-14(19)10-12-9-13(17)5-6-16(12)18/h2-6,8-9H,7,10H2,1H3. The van der Waals surface area contributed by atoms with Crippen LogP contribution in [0.4, 0.5) is 8.78 Å².